The molecule has 19 heavy (non-hydrogen) atoms. The summed E-state index contributed by atoms with van der Waals surface area (Å²) in [4.78, 5) is 12.1. The highest BCUT2D eigenvalue weighted by Crippen LogP contribution is 2.25. The van der Waals surface area contributed by atoms with Gasteiger partial charge in [-0.25, -0.2) is 4.39 Å². The van der Waals surface area contributed by atoms with Crippen LogP contribution in [0.4, 0.5) is 10.1 Å². The van der Waals surface area contributed by atoms with Crippen molar-refractivity contribution in [1.29, 1.82) is 0 Å². The summed E-state index contributed by atoms with van der Waals surface area (Å²) in [5.41, 5.74) is 0.457. The summed E-state index contributed by atoms with van der Waals surface area (Å²) < 4.78 is 19.5. The first-order valence-corrected chi connectivity index (χ1v) is 6.31. The third kappa shape index (κ3) is 2.93. The van der Waals surface area contributed by atoms with E-state index in [0.717, 1.165) is 4.47 Å². The van der Waals surface area contributed by atoms with Crippen molar-refractivity contribution in [2.45, 2.75) is 0 Å². The van der Waals surface area contributed by atoms with Crippen molar-refractivity contribution < 1.29 is 13.9 Å². The Morgan fingerprint density at radius 3 is 2.63 bits per heavy atom. The van der Waals surface area contributed by atoms with Gasteiger partial charge in [0.25, 0.3) is 5.91 Å². The van der Waals surface area contributed by atoms with E-state index < -0.39 is 11.7 Å². The van der Waals surface area contributed by atoms with Crippen molar-refractivity contribution in [2.24, 2.45) is 0 Å². The largest absolute Gasteiger partial charge is 0.496 e. The Morgan fingerprint density at radius 1 is 1.21 bits per heavy atom. The second-order valence-electron chi connectivity index (χ2n) is 3.75. The Kier molecular flexibility index (Phi) is 4.16. The number of hydrogen-bond acceptors (Lipinski definition) is 2. The molecule has 98 valence electrons. The second kappa shape index (κ2) is 5.84. The van der Waals surface area contributed by atoms with E-state index in [1.807, 2.05) is 6.07 Å². The lowest BCUT2D eigenvalue weighted by atomic mass is 10.1. The third-order valence-corrected chi connectivity index (χ3v) is 3.24. The van der Waals surface area contributed by atoms with E-state index in [0.29, 0.717) is 5.69 Å². The average Bonchev–Trinajstić information content (AvgIpc) is 2.40. The molecule has 3 nitrogen and oxygen atoms in total. The summed E-state index contributed by atoms with van der Waals surface area (Å²) in [6, 6.07) is 11.4. The van der Waals surface area contributed by atoms with E-state index in [-0.39, 0.29) is 11.3 Å². The monoisotopic (exact) mass is 323 g/mol. The highest BCUT2D eigenvalue weighted by Gasteiger charge is 2.18. The number of benzene rings is 2. The molecule has 5 heteroatoms. The molecule has 2 rings (SSSR count). The quantitative estimate of drug-likeness (QED) is 0.931. The molecule has 0 heterocycles. The molecule has 0 spiro atoms. The Morgan fingerprint density at radius 2 is 1.95 bits per heavy atom. The minimum absolute atomic E-state index is 0.110. The van der Waals surface area contributed by atoms with Crippen molar-refractivity contribution in [3.63, 3.8) is 0 Å². The second-order valence-corrected chi connectivity index (χ2v) is 4.61. The van der Waals surface area contributed by atoms with Crippen molar-refractivity contribution >= 4 is 27.5 Å². The van der Waals surface area contributed by atoms with E-state index in [4.69, 9.17) is 4.74 Å². The number of amides is 1. The van der Waals surface area contributed by atoms with Gasteiger partial charge in [0.15, 0.2) is 0 Å². The summed E-state index contributed by atoms with van der Waals surface area (Å²) in [7, 11) is 1.39. The molecular weight excluding hydrogens is 313 g/mol. The number of anilines is 1. The lowest BCUT2D eigenvalue weighted by Gasteiger charge is -2.11. The van der Waals surface area contributed by atoms with Gasteiger partial charge in [0.1, 0.15) is 17.1 Å². The van der Waals surface area contributed by atoms with Crippen LogP contribution in [0.1, 0.15) is 10.4 Å². The molecule has 0 bridgehead atoms. The Labute approximate surface area is 118 Å². The highest BCUT2D eigenvalue weighted by atomic mass is 79.9. The minimum atomic E-state index is -0.621. The van der Waals surface area contributed by atoms with Crippen molar-refractivity contribution in [3.8, 4) is 5.75 Å². The number of carbonyl (C=O) groups is 1. The number of ether oxygens (including phenoxy) is 1. The van der Waals surface area contributed by atoms with Crippen molar-refractivity contribution in [3.05, 3.63) is 58.3 Å². The van der Waals surface area contributed by atoms with Crippen LogP contribution in [0.2, 0.25) is 0 Å². The van der Waals surface area contributed by atoms with E-state index >= 15 is 0 Å². The SMILES string of the molecule is COc1cccc(F)c1C(=O)Nc1ccccc1Br. The zero-order valence-corrected chi connectivity index (χ0v) is 11.7. The van der Waals surface area contributed by atoms with Crippen LogP contribution >= 0.6 is 15.9 Å². The molecule has 0 radical (unpaired) electrons. The molecule has 0 aliphatic heterocycles. The van der Waals surface area contributed by atoms with Crippen molar-refractivity contribution in [1.82, 2.24) is 0 Å². The average molecular weight is 324 g/mol. The molecule has 2 aromatic rings. The van der Waals surface area contributed by atoms with Crippen LogP contribution in [0.5, 0.6) is 5.75 Å². The Bertz CT molecular complexity index is 616. The van der Waals surface area contributed by atoms with Crippen molar-refractivity contribution in [2.75, 3.05) is 12.4 Å². The lowest BCUT2D eigenvalue weighted by molar-refractivity contribution is 0.102. The molecule has 1 amide bonds. The number of hydrogen-bond donors (Lipinski definition) is 1. The fraction of sp³-hybridized carbons (Fsp3) is 0.0714. The summed E-state index contributed by atoms with van der Waals surface area (Å²) in [6.07, 6.45) is 0. The maximum Gasteiger partial charge on any atom is 0.262 e. The fourth-order valence-corrected chi connectivity index (χ4v) is 2.03. The smallest absolute Gasteiger partial charge is 0.262 e. The van der Waals surface area contributed by atoms with Gasteiger partial charge < -0.3 is 10.1 Å². The van der Waals surface area contributed by atoms with E-state index in [2.05, 4.69) is 21.2 Å². The van der Waals surface area contributed by atoms with Gasteiger partial charge in [-0.15, -0.1) is 0 Å². The van der Waals surface area contributed by atoms with Crippen LogP contribution in [0.3, 0.4) is 0 Å². The molecule has 0 fully saturated rings. The van der Waals surface area contributed by atoms with E-state index in [9.17, 15) is 9.18 Å². The van der Waals surface area contributed by atoms with Crippen LogP contribution in [0.15, 0.2) is 46.9 Å². The normalized spacial score (nSPS) is 10.1. The first-order valence-electron chi connectivity index (χ1n) is 5.52. The number of nitrogens with one attached hydrogen (secondary N) is 1. The Hall–Kier alpha value is -1.88. The zero-order valence-electron chi connectivity index (χ0n) is 10.1. The van der Waals surface area contributed by atoms with Gasteiger partial charge in [0.2, 0.25) is 0 Å². The van der Waals surface area contributed by atoms with Crippen LogP contribution in [0.25, 0.3) is 0 Å². The number of para-hydroxylation sites is 1. The van der Waals surface area contributed by atoms with E-state index in [1.165, 1.54) is 25.3 Å². The van der Waals surface area contributed by atoms with E-state index in [1.54, 1.807) is 18.2 Å². The first-order chi connectivity index (χ1) is 9.13. The first kappa shape index (κ1) is 13.5. The highest BCUT2D eigenvalue weighted by molar-refractivity contribution is 9.10. The van der Waals surface area contributed by atoms with Gasteiger partial charge in [0, 0.05) is 4.47 Å². The topological polar surface area (TPSA) is 38.3 Å². The summed E-state index contributed by atoms with van der Waals surface area (Å²) in [5, 5.41) is 2.64. The van der Waals surface area contributed by atoms with Gasteiger partial charge in [0.05, 0.1) is 12.8 Å². The van der Waals surface area contributed by atoms with Gasteiger partial charge in [-0.1, -0.05) is 18.2 Å². The molecule has 0 saturated carbocycles. The molecule has 0 aliphatic rings. The standard InChI is InChI=1S/C14H11BrFNO2/c1-19-12-8-4-6-10(16)13(12)14(18)17-11-7-3-2-5-9(11)15/h2-8H,1H3,(H,17,18). The summed E-state index contributed by atoms with van der Waals surface area (Å²) >= 11 is 3.31. The predicted octanol–water partition coefficient (Wildman–Crippen LogP) is 3.85. The lowest BCUT2D eigenvalue weighted by Crippen LogP contribution is -2.15. The Balaban J connectivity index is 2.33. The number of rotatable bonds is 3. The van der Waals surface area contributed by atoms with Crippen LogP contribution in [0, 0.1) is 5.82 Å². The van der Waals surface area contributed by atoms with Crippen LogP contribution < -0.4 is 10.1 Å². The zero-order chi connectivity index (χ0) is 13.8. The molecule has 0 aromatic heterocycles. The molecule has 0 unspecified atom stereocenters. The molecule has 1 N–H and O–H groups in total. The van der Waals surface area contributed by atoms with Crippen LogP contribution in [-0.4, -0.2) is 13.0 Å². The molecule has 0 aliphatic carbocycles. The number of halogens is 2. The molecular formula is C14H11BrFNO2. The molecule has 0 saturated heterocycles. The maximum absolute atomic E-state index is 13.7. The summed E-state index contributed by atoms with van der Waals surface area (Å²) in [5.74, 6) is -0.977. The molecule has 0 atom stereocenters. The number of methoxy groups -OCH3 is 1. The third-order valence-electron chi connectivity index (χ3n) is 2.54. The van der Waals surface area contributed by atoms with Gasteiger partial charge in [-0.3, -0.25) is 4.79 Å². The van der Waals surface area contributed by atoms with Gasteiger partial charge in [-0.2, -0.15) is 0 Å². The van der Waals surface area contributed by atoms with Gasteiger partial charge in [-0.05, 0) is 40.2 Å². The van der Waals surface area contributed by atoms with Crippen LogP contribution in [-0.2, 0) is 0 Å². The minimum Gasteiger partial charge on any atom is -0.496 e. The number of carbonyl (C=O) groups excluding carboxylic acids is 1. The predicted molar refractivity (Wildman–Crippen MR) is 75.0 cm³/mol. The maximum atomic E-state index is 13.7. The molecule has 2 aromatic carbocycles. The van der Waals surface area contributed by atoms with Gasteiger partial charge >= 0.3 is 0 Å². The fourth-order valence-electron chi connectivity index (χ4n) is 1.64. The summed E-state index contributed by atoms with van der Waals surface area (Å²) in [6.45, 7) is 0.